The Hall–Kier alpha value is -2.41. The zero-order valence-corrected chi connectivity index (χ0v) is 17.9. The van der Waals surface area contributed by atoms with Gasteiger partial charge in [0.15, 0.2) is 0 Å². The second-order valence-electron chi connectivity index (χ2n) is 8.00. The number of aliphatic imine (C=N–C) groups is 1. The van der Waals surface area contributed by atoms with Crippen molar-refractivity contribution in [1.82, 2.24) is 0 Å². The number of allylic oxidation sites excluding steroid dienone is 1. The highest BCUT2D eigenvalue weighted by molar-refractivity contribution is 7.17. The van der Waals surface area contributed by atoms with E-state index in [-0.39, 0.29) is 11.5 Å². The number of nitrogens with one attached hydrogen (secondary N) is 1. The molecule has 4 rings (SSSR count). The van der Waals surface area contributed by atoms with Crippen molar-refractivity contribution >= 4 is 34.1 Å². The molecule has 154 valence electrons. The van der Waals surface area contributed by atoms with Crippen molar-refractivity contribution in [3.05, 3.63) is 38.4 Å². The first-order valence-electron chi connectivity index (χ1n) is 10.1. The van der Waals surface area contributed by atoms with Gasteiger partial charge >= 0.3 is 5.97 Å². The van der Waals surface area contributed by atoms with Gasteiger partial charge in [0.2, 0.25) is 5.90 Å². The number of aryl methyl sites for hydroxylation is 1. The Kier molecular flexibility index (Phi) is 5.34. The zero-order chi connectivity index (χ0) is 20.7. The minimum atomic E-state index is -0.999. The van der Waals surface area contributed by atoms with Crippen LogP contribution < -0.4 is 5.32 Å². The van der Waals surface area contributed by atoms with Crippen molar-refractivity contribution in [2.75, 3.05) is 11.9 Å². The lowest BCUT2D eigenvalue weighted by Crippen LogP contribution is -2.18. The van der Waals surface area contributed by atoms with Crippen LogP contribution in [-0.4, -0.2) is 29.5 Å². The molecule has 1 aliphatic heterocycles. The fourth-order valence-electron chi connectivity index (χ4n) is 4.02. The number of nitrogens with zero attached hydrogens (tertiary/aromatic N) is 1. The standard InChI is InChI=1S/C22H26N2O4S/c1-11-9-10-28-20(23-12(11)2)18-17(14-7-8-14)13(3)29-21(18)24-19(25)15-5-4-6-16(15)22(26)27/h14H,4-10H2,1-3H3,(H,24,25)(H,26,27). The van der Waals surface area contributed by atoms with Crippen molar-refractivity contribution < 1.29 is 19.4 Å². The molecule has 2 N–H and O–H groups in total. The summed E-state index contributed by atoms with van der Waals surface area (Å²) >= 11 is 1.53. The first kappa shape index (κ1) is 19.9. The summed E-state index contributed by atoms with van der Waals surface area (Å²) in [5.41, 5.74) is 4.87. The number of anilines is 1. The van der Waals surface area contributed by atoms with E-state index in [1.54, 1.807) is 0 Å². The van der Waals surface area contributed by atoms with Gasteiger partial charge in [0.1, 0.15) is 5.00 Å². The number of amides is 1. The normalized spacial score (nSPS) is 19.8. The Morgan fingerprint density at radius 2 is 1.86 bits per heavy atom. The van der Waals surface area contributed by atoms with E-state index in [1.165, 1.54) is 22.5 Å². The molecule has 0 atom stereocenters. The van der Waals surface area contributed by atoms with E-state index in [4.69, 9.17) is 9.73 Å². The molecule has 0 spiro atoms. The quantitative estimate of drug-likeness (QED) is 0.717. The molecule has 0 bridgehead atoms. The van der Waals surface area contributed by atoms with E-state index in [0.717, 1.165) is 35.4 Å². The second kappa shape index (κ2) is 7.78. The van der Waals surface area contributed by atoms with Crippen molar-refractivity contribution in [2.24, 2.45) is 4.99 Å². The summed E-state index contributed by atoms with van der Waals surface area (Å²) in [7, 11) is 0. The van der Waals surface area contributed by atoms with Crippen molar-refractivity contribution in [2.45, 2.75) is 65.2 Å². The molecule has 2 heterocycles. The number of thiophene rings is 1. The van der Waals surface area contributed by atoms with Crippen LogP contribution in [0.25, 0.3) is 0 Å². The number of rotatable bonds is 5. The minimum Gasteiger partial charge on any atom is -0.478 e. The molecular weight excluding hydrogens is 388 g/mol. The van der Waals surface area contributed by atoms with Crippen LogP contribution >= 0.6 is 11.3 Å². The van der Waals surface area contributed by atoms with Crippen LogP contribution in [0, 0.1) is 6.92 Å². The topological polar surface area (TPSA) is 88.0 Å². The molecule has 1 saturated carbocycles. The molecule has 2 aliphatic carbocycles. The van der Waals surface area contributed by atoms with Gasteiger partial charge in [-0.3, -0.25) is 4.79 Å². The maximum Gasteiger partial charge on any atom is 0.332 e. The van der Waals surface area contributed by atoms with E-state index in [9.17, 15) is 14.7 Å². The lowest BCUT2D eigenvalue weighted by molar-refractivity contribution is -0.133. The summed E-state index contributed by atoms with van der Waals surface area (Å²) < 4.78 is 6.03. The third-order valence-electron chi connectivity index (χ3n) is 5.91. The number of hydrogen-bond donors (Lipinski definition) is 2. The predicted octanol–water partition coefficient (Wildman–Crippen LogP) is 4.90. The van der Waals surface area contributed by atoms with Crippen LogP contribution in [0.15, 0.2) is 27.4 Å². The zero-order valence-electron chi connectivity index (χ0n) is 17.1. The monoisotopic (exact) mass is 414 g/mol. The number of ether oxygens (including phenoxy) is 1. The number of carbonyl (C=O) groups is 2. The molecule has 0 unspecified atom stereocenters. The van der Waals surface area contributed by atoms with E-state index in [1.807, 2.05) is 6.92 Å². The van der Waals surface area contributed by atoms with Gasteiger partial charge in [-0.2, -0.15) is 0 Å². The maximum absolute atomic E-state index is 12.9. The van der Waals surface area contributed by atoms with Crippen LogP contribution in [0.2, 0.25) is 0 Å². The van der Waals surface area contributed by atoms with E-state index in [0.29, 0.717) is 48.3 Å². The lowest BCUT2D eigenvalue weighted by Gasteiger charge is -2.12. The minimum absolute atomic E-state index is 0.234. The van der Waals surface area contributed by atoms with Crippen LogP contribution in [0.5, 0.6) is 0 Å². The van der Waals surface area contributed by atoms with Crippen molar-refractivity contribution in [3.63, 3.8) is 0 Å². The fourth-order valence-corrected chi connectivity index (χ4v) is 5.15. The number of carboxylic acid groups (broad SMARTS) is 1. The molecule has 1 fully saturated rings. The molecule has 0 aromatic carbocycles. The van der Waals surface area contributed by atoms with Crippen LogP contribution in [0.1, 0.15) is 74.3 Å². The van der Waals surface area contributed by atoms with Gasteiger partial charge in [0.05, 0.1) is 12.2 Å². The van der Waals surface area contributed by atoms with Gasteiger partial charge in [-0.05, 0) is 69.9 Å². The molecule has 1 amide bonds. The molecule has 29 heavy (non-hydrogen) atoms. The Bertz CT molecular complexity index is 979. The van der Waals surface area contributed by atoms with Crippen molar-refractivity contribution in [3.8, 4) is 0 Å². The van der Waals surface area contributed by atoms with Crippen molar-refractivity contribution in [1.29, 1.82) is 0 Å². The summed E-state index contributed by atoms with van der Waals surface area (Å²) in [5, 5.41) is 13.1. The summed E-state index contributed by atoms with van der Waals surface area (Å²) in [6.45, 7) is 6.68. The van der Waals surface area contributed by atoms with Gasteiger partial charge in [-0.25, -0.2) is 9.79 Å². The molecule has 1 aromatic heterocycles. The highest BCUT2D eigenvalue weighted by Crippen LogP contribution is 2.49. The molecule has 6 nitrogen and oxygen atoms in total. The van der Waals surface area contributed by atoms with Gasteiger partial charge in [0.25, 0.3) is 5.91 Å². The Morgan fingerprint density at radius 1 is 1.14 bits per heavy atom. The molecule has 0 radical (unpaired) electrons. The molecule has 7 heteroatoms. The smallest absolute Gasteiger partial charge is 0.332 e. The lowest BCUT2D eigenvalue weighted by atomic mass is 10.1. The first-order chi connectivity index (χ1) is 13.9. The Labute approximate surface area is 174 Å². The molecule has 1 aromatic rings. The SMILES string of the molecule is CC1=C(C)N=C(c2c(NC(=O)C3=C(C(=O)O)CCC3)sc(C)c2C2CC2)OCC1. The molecular formula is C22H26N2O4S. The average Bonchev–Trinajstić information content (AvgIpc) is 3.31. The first-order valence-corrected chi connectivity index (χ1v) is 11.0. The largest absolute Gasteiger partial charge is 0.478 e. The second-order valence-corrected chi connectivity index (χ2v) is 9.23. The van der Waals surface area contributed by atoms with E-state index < -0.39 is 5.97 Å². The van der Waals surface area contributed by atoms with Crippen LogP contribution in [0.4, 0.5) is 5.00 Å². The summed E-state index contributed by atoms with van der Waals surface area (Å²) in [4.78, 5) is 30.3. The third kappa shape index (κ3) is 3.88. The number of hydrogen-bond acceptors (Lipinski definition) is 5. The highest BCUT2D eigenvalue weighted by Gasteiger charge is 2.35. The third-order valence-corrected chi connectivity index (χ3v) is 6.95. The molecule has 0 saturated heterocycles. The van der Waals surface area contributed by atoms with E-state index >= 15 is 0 Å². The summed E-state index contributed by atoms with van der Waals surface area (Å²) in [6, 6.07) is 0. The van der Waals surface area contributed by atoms with E-state index in [2.05, 4.69) is 19.2 Å². The fraction of sp³-hybridized carbons (Fsp3) is 0.500. The van der Waals surface area contributed by atoms with Crippen LogP contribution in [-0.2, 0) is 14.3 Å². The number of aliphatic carboxylic acids is 1. The van der Waals surface area contributed by atoms with Crippen LogP contribution in [0.3, 0.4) is 0 Å². The predicted molar refractivity (Wildman–Crippen MR) is 114 cm³/mol. The molecule has 3 aliphatic rings. The van der Waals surface area contributed by atoms with Gasteiger partial charge in [-0.1, -0.05) is 0 Å². The Balaban J connectivity index is 1.74. The van der Waals surface area contributed by atoms with Gasteiger partial charge < -0.3 is 15.2 Å². The average molecular weight is 415 g/mol. The van der Waals surface area contributed by atoms with Gasteiger partial charge in [-0.15, -0.1) is 11.3 Å². The summed E-state index contributed by atoms with van der Waals surface area (Å²) in [6.07, 6.45) is 4.74. The Morgan fingerprint density at radius 3 is 2.55 bits per heavy atom. The maximum atomic E-state index is 12.9. The summed E-state index contributed by atoms with van der Waals surface area (Å²) in [5.74, 6) is -0.268. The highest BCUT2D eigenvalue weighted by atomic mass is 32.1. The van der Waals surface area contributed by atoms with Gasteiger partial charge in [0, 0.05) is 28.1 Å². The number of carbonyl (C=O) groups excluding carboxylic acids is 1. The number of carboxylic acids is 1.